The summed E-state index contributed by atoms with van der Waals surface area (Å²) in [5, 5.41) is 0. The van der Waals surface area contributed by atoms with E-state index in [2.05, 4.69) is 58.1 Å². The molecule has 186 valence electrons. The van der Waals surface area contributed by atoms with Crippen LogP contribution in [0.25, 0.3) is 11.8 Å². The third-order valence-corrected chi connectivity index (χ3v) is 6.55. The molecule has 0 aliphatic heterocycles. The molecule has 0 N–H and O–H groups in total. The molecule has 3 rings (SSSR count). The third-order valence-electron chi connectivity index (χ3n) is 5.73. The molecule has 0 bridgehead atoms. The molecule has 6 nitrogen and oxygen atoms in total. The molecule has 0 spiro atoms. The maximum Gasteiger partial charge on any atom is 0.204 e. The van der Waals surface area contributed by atoms with E-state index in [1.807, 2.05) is 30.3 Å². The molecular weight excluding hydrogens is 510 g/mol. The van der Waals surface area contributed by atoms with Crippen LogP contribution in [0, 0.1) is 0 Å². The molecule has 3 aromatic carbocycles. The second kappa shape index (κ2) is 12.4. The Labute approximate surface area is 216 Å². The van der Waals surface area contributed by atoms with Gasteiger partial charge in [-0.15, -0.1) is 0 Å². The molecule has 0 amide bonds. The van der Waals surface area contributed by atoms with Crippen molar-refractivity contribution in [1.82, 2.24) is 4.90 Å². The first-order valence-electron chi connectivity index (χ1n) is 11.2. The van der Waals surface area contributed by atoms with Gasteiger partial charge in [0.25, 0.3) is 0 Å². The van der Waals surface area contributed by atoms with Crippen LogP contribution in [0.1, 0.15) is 23.6 Å². The van der Waals surface area contributed by atoms with Gasteiger partial charge in [-0.1, -0.05) is 12.1 Å². The molecule has 0 fully saturated rings. The highest BCUT2D eigenvalue weighted by atomic mass is 79.9. The zero-order chi connectivity index (χ0) is 25.4. The second-order valence-electron chi connectivity index (χ2n) is 7.67. The fraction of sp³-hybridized carbons (Fsp3) is 0.286. The Morgan fingerprint density at radius 3 is 1.83 bits per heavy atom. The molecule has 0 saturated heterocycles. The maximum absolute atomic E-state index is 5.65. The Bertz CT molecular complexity index is 1140. The summed E-state index contributed by atoms with van der Waals surface area (Å²) in [6.45, 7) is 3.66. The van der Waals surface area contributed by atoms with Crippen LogP contribution in [0.2, 0.25) is 0 Å². The normalized spacial score (nSPS) is 11.1. The Balaban J connectivity index is 2.15. The number of benzene rings is 3. The molecule has 35 heavy (non-hydrogen) atoms. The summed E-state index contributed by atoms with van der Waals surface area (Å²) in [6.07, 6.45) is 2.13. The van der Waals surface area contributed by atoms with Gasteiger partial charge in [0.05, 0.1) is 40.0 Å². The topological polar surface area (TPSA) is 49.4 Å². The van der Waals surface area contributed by atoms with Gasteiger partial charge in [-0.25, -0.2) is 0 Å². The lowest BCUT2D eigenvalue weighted by atomic mass is 10.0. The lowest BCUT2D eigenvalue weighted by Crippen LogP contribution is -2.21. The van der Waals surface area contributed by atoms with E-state index < -0.39 is 0 Å². The number of hydrogen-bond acceptors (Lipinski definition) is 6. The zero-order valence-electron chi connectivity index (χ0n) is 21.1. The predicted molar refractivity (Wildman–Crippen MR) is 144 cm³/mol. The minimum Gasteiger partial charge on any atom is -0.497 e. The summed E-state index contributed by atoms with van der Waals surface area (Å²) in [6, 6.07) is 18.1. The molecule has 7 heteroatoms. The van der Waals surface area contributed by atoms with E-state index in [1.165, 1.54) is 5.56 Å². The predicted octanol–water partition coefficient (Wildman–Crippen LogP) is 6.51. The van der Waals surface area contributed by atoms with E-state index in [1.54, 1.807) is 35.5 Å². The quantitative estimate of drug-likeness (QED) is 0.258. The Hall–Kier alpha value is -3.32. The zero-order valence-corrected chi connectivity index (χ0v) is 22.6. The Kier molecular flexibility index (Phi) is 9.32. The van der Waals surface area contributed by atoms with E-state index in [4.69, 9.17) is 23.7 Å². The van der Waals surface area contributed by atoms with E-state index in [0.29, 0.717) is 17.2 Å². The summed E-state index contributed by atoms with van der Waals surface area (Å²) in [5.74, 6) is 3.34. The van der Waals surface area contributed by atoms with E-state index in [9.17, 15) is 0 Å². The molecule has 0 aliphatic rings. The van der Waals surface area contributed by atoms with Crippen molar-refractivity contribution in [3.63, 3.8) is 0 Å². The maximum atomic E-state index is 5.65. The number of nitrogens with zero attached hydrogens (tertiary/aromatic N) is 1. The van der Waals surface area contributed by atoms with Crippen molar-refractivity contribution < 1.29 is 23.7 Å². The molecule has 0 atom stereocenters. The second-order valence-corrected chi connectivity index (χ2v) is 8.46. The molecule has 0 aromatic heterocycles. The molecular formula is C28H32BrNO5. The fourth-order valence-corrected chi connectivity index (χ4v) is 4.40. The van der Waals surface area contributed by atoms with Crippen molar-refractivity contribution in [3.8, 4) is 28.7 Å². The summed E-state index contributed by atoms with van der Waals surface area (Å²) in [4.78, 5) is 2.32. The van der Waals surface area contributed by atoms with Gasteiger partial charge >= 0.3 is 0 Å². The lowest BCUT2D eigenvalue weighted by molar-refractivity contribution is 0.323. The summed E-state index contributed by atoms with van der Waals surface area (Å²) in [7, 11) is 8.17. The first-order chi connectivity index (χ1) is 17.0. The van der Waals surface area contributed by atoms with Crippen molar-refractivity contribution >= 4 is 27.7 Å². The highest BCUT2D eigenvalue weighted by Gasteiger charge is 2.20. The van der Waals surface area contributed by atoms with Crippen LogP contribution in [0.3, 0.4) is 0 Å². The van der Waals surface area contributed by atoms with Gasteiger partial charge in [-0.3, -0.25) is 0 Å². The van der Waals surface area contributed by atoms with Gasteiger partial charge in [-0.2, -0.15) is 0 Å². The van der Waals surface area contributed by atoms with Gasteiger partial charge in [0, 0.05) is 18.8 Å². The first kappa shape index (κ1) is 26.3. The lowest BCUT2D eigenvalue weighted by Gasteiger charge is -2.27. The van der Waals surface area contributed by atoms with Crippen LogP contribution in [0.15, 0.2) is 59.1 Å². The van der Waals surface area contributed by atoms with E-state index in [-0.39, 0.29) is 0 Å². The van der Waals surface area contributed by atoms with Crippen molar-refractivity contribution in [1.29, 1.82) is 0 Å². The van der Waals surface area contributed by atoms with Crippen molar-refractivity contribution in [2.45, 2.75) is 13.5 Å². The van der Waals surface area contributed by atoms with Gasteiger partial charge in [0.15, 0.2) is 11.5 Å². The summed E-state index contributed by atoms with van der Waals surface area (Å²) in [5.41, 5.74) is 4.18. The average Bonchev–Trinajstić information content (AvgIpc) is 2.91. The van der Waals surface area contributed by atoms with Crippen molar-refractivity contribution in [2.24, 2.45) is 0 Å². The highest BCUT2D eigenvalue weighted by molar-refractivity contribution is 9.10. The van der Waals surface area contributed by atoms with Gasteiger partial charge < -0.3 is 28.6 Å². The molecule has 0 radical (unpaired) electrons. The Morgan fingerprint density at radius 2 is 1.34 bits per heavy atom. The van der Waals surface area contributed by atoms with Crippen molar-refractivity contribution in [3.05, 3.63) is 75.8 Å². The molecule has 0 heterocycles. The van der Waals surface area contributed by atoms with E-state index in [0.717, 1.165) is 45.9 Å². The molecule has 0 aliphatic carbocycles. The molecule has 0 unspecified atom stereocenters. The van der Waals surface area contributed by atoms with E-state index >= 15 is 0 Å². The van der Waals surface area contributed by atoms with Crippen molar-refractivity contribution in [2.75, 3.05) is 42.1 Å². The largest absolute Gasteiger partial charge is 0.497 e. The van der Waals surface area contributed by atoms with Crippen LogP contribution in [-0.4, -0.2) is 47.0 Å². The molecule has 0 saturated carbocycles. The van der Waals surface area contributed by atoms with Crippen LogP contribution < -0.4 is 23.7 Å². The number of methoxy groups -OCH3 is 5. The van der Waals surface area contributed by atoms with Gasteiger partial charge in [0.2, 0.25) is 5.75 Å². The smallest absolute Gasteiger partial charge is 0.204 e. The van der Waals surface area contributed by atoms with Crippen LogP contribution in [0.4, 0.5) is 0 Å². The highest BCUT2D eigenvalue weighted by Crippen LogP contribution is 2.46. The number of halogens is 1. The minimum atomic E-state index is 0.538. The standard InChI is InChI=1S/C28H32BrNO5/c1-7-30(18-19-8-12-22(31-2)13-9-19)24(20-10-14-23(32-3)15-11-20)16-21-17-25(33-4)27(34-5)28(35-6)26(21)29/h8-17H,7,18H2,1-6H3/b24-16+. The summed E-state index contributed by atoms with van der Waals surface area (Å²) < 4.78 is 28.3. The average molecular weight is 542 g/mol. The SMILES string of the molecule is CCN(Cc1ccc(OC)cc1)/C(=C/c1cc(OC)c(OC)c(OC)c1Br)c1ccc(OC)cc1. The van der Waals surface area contributed by atoms with Crippen LogP contribution in [0.5, 0.6) is 28.7 Å². The first-order valence-corrected chi connectivity index (χ1v) is 12.0. The Morgan fingerprint density at radius 1 is 0.771 bits per heavy atom. The van der Waals surface area contributed by atoms with Gasteiger partial charge in [-0.05, 0) is 88.1 Å². The number of hydrogen-bond donors (Lipinski definition) is 0. The third kappa shape index (κ3) is 6.03. The van der Waals surface area contributed by atoms with Crippen LogP contribution in [-0.2, 0) is 6.54 Å². The summed E-state index contributed by atoms with van der Waals surface area (Å²) >= 11 is 3.72. The number of rotatable bonds is 11. The minimum absolute atomic E-state index is 0.538. The van der Waals surface area contributed by atoms with Gasteiger partial charge in [0.1, 0.15) is 11.5 Å². The van der Waals surface area contributed by atoms with Crippen LogP contribution >= 0.6 is 15.9 Å². The monoisotopic (exact) mass is 541 g/mol. The fourth-order valence-electron chi connectivity index (χ4n) is 3.83. The molecule has 3 aromatic rings. The number of ether oxygens (including phenoxy) is 5.